The number of carbonyl (C=O) groups excluding carboxylic acids is 2. The van der Waals surface area contributed by atoms with Crippen molar-refractivity contribution in [3.05, 3.63) is 48.6 Å². The van der Waals surface area contributed by atoms with Crippen LogP contribution in [-0.4, -0.2) is 99.6 Å². The number of hydrogen-bond acceptors (Lipinski definition) is 10. The van der Waals surface area contributed by atoms with E-state index in [1.165, 1.54) is 218 Å². The first kappa shape index (κ1) is 78.6. The number of amides is 1. The third kappa shape index (κ3) is 47.4. The number of unbranched alkanes of at least 4 members (excludes halogenated alkanes) is 41. The highest BCUT2D eigenvalue weighted by atomic mass is 16.7. The van der Waals surface area contributed by atoms with Crippen molar-refractivity contribution in [1.82, 2.24) is 5.32 Å². The Kier molecular flexibility index (Phi) is 56.8. The minimum atomic E-state index is -1.61. The molecule has 1 rings (SSSR count). The minimum Gasteiger partial charge on any atom is -0.454 e. The molecule has 1 amide bonds. The van der Waals surface area contributed by atoms with Gasteiger partial charge >= 0.3 is 5.97 Å². The maximum atomic E-state index is 13.5. The van der Waals surface area contributed by atoms with Crippen molar-refractivity contribution in [3.63, 3.8) is 0 Å². The quantitative estimate of drug-likeness (QED) is 0.0195. The van der Waals surface area contributed by atoms with Gasteiger partial charge in [0, 0.05) is 6.42 Å². The highest BCUT2D eigenvalue weighted by molar-refractivity contribution is 5.80. The highest BCUT2D eigenvalue weighted by Gasteiger charge is 2.47. The van der Waals surface area contributed by atoms with E-state index in [1.54, 1.807) is 6.08 Å². The monoisotopic (exact) mass is 1170 g/mol. The molecule has 486 valence electrons. The lowest BCUT2D eigenvalue weighted by Crippen LogP contribution is -2.61. The number of aliphatic hydroxyl groups is 5. The molecule has 0 bridgehead atoms. The number of hydrogen-bond donors (Lipinski definition) is 6. The smallest absolute Gasteiger partial charge is 0.306 e. The van der Waals surface area contributed by atoms with Crippen molar-refractivity contribution in [2.45, 2.75) is 384 Å². The zero-order chi connectivity index (χ0) is 60.3. The van der Waals surface area contributed by atoms with Gasteiger partial charge in [-0.2, -0.15) is 0 Å². The van der Waals surface area contributed by atoms with Gasteiger partial charge < -0.3 is 45.1 Å². The normalized spacial score (nSPS) is 18.8. The summed E-state index contributed by atoms with van der Waals surface area (Å²) in [6.07, 6.45) is 64.4. The lowest BCUT2D eigenvalue weighted by atomic mass is 9.99. The van der Waals surface area contributed by atoms with Gasteiger partial charge in [-0.05, 0) is 64.2 Å². The summed E-state index contributed by atoms with van der Waals surface area (Å²) >= 11 is 0. The zero-order valence-corrected chi connectivity index (χ0v) is 54.1. The molecular weight excluding hydrogens is 1040 g/mol. The molecule has 11 nitrogen and oxygen atoms in total. The summed E-state index contributed by atoms with van der Waals surface area (Å²) in [5.74, 6) is -1.18. The molecular formula is C72H133NO10. The number of carbonyl (C=O) groups is 2. The molecule has 0 aromatic rings. The van der Waals surface area contributed by atoms with Gasteiger partial charge in [0.25, 0.3) is 0 Å². The Balaban J connectivity index is 2.57. The Morgan fingerprint density at radius 2 is 0.831 bits per heavy atom. The molecule has 6 N–H and O–H groups in total. The van der Waals surface area contributed by atoms with E-state index >= 15 is 0 Å². The molecule has 11 heteroatoms. The van der Waals surface area contributed by atoms with Crippen LogP contribution in [0.4, 0.5) is 0 Å². The molecule has 1 saturated heterocycles. The molecule has 1 fully saturated rings. The number of aliphatic hydroxyl groups excluding tert-OH is 5. The van der Waals surface area contributed by atoms with Crippen LogP contribution in [0.15, 0.2) is 48.6 Å². The van der Waals surface area contributed by atoms with Gasteiger partial charge in [0.2, 0.25) is 5.91 Å². The van der Waals surface area contributed by atoms with E-state index in [0.29, 0.717) is 19.3 Å². The van der Waals surface area contributed by atoms with Gasteiger partial charge in [-0.15, -0.1) is 0 Å². The van der Waals surface area contributed by atoms with Gasteiger partial charge in [0.15, 0.2) is 12.4 Å². The molecule has 1 aliphatic rings. The first-order chi connectivity index (χ1) is 40.7. The molecule has 1 heterocycles. The fraction of sp³-hybridized carbons (Fsp3) is 0.861. The van der Waals surface area contributed by atoms with Crippen molar-refractivity contribution in [1.29, 1.82) is 0 Å². The van der Waals surface area contributed by atoms with Crippen molar-refractivity contribution < 1.29 is 49.3 Å². The van der Waals surface area contributed by atoms with Crippen LogP contribution in [0.1, 0.15) is 335 Å². The zero-order valence-electron chi connectivity index (χ0n) is 54.1. The van der Waals surface area contributed by atoms with Gasteiger partial charge in [-0.1, -0.05) is 313 Å². The van der Waals surface area contributed by atoms with E-state index < -0.39 is 67.4 Å². The van der Waals surface area contributed by atoms with E-state index in [-0.39, 0.29) is 13.0 Å². The summed E-state index contributed by atoms with van der Waals surface area (Å²) in [5.41, 5.74) is 0. The summed E-state index contributed by atoms with van der Waals surface area (Å²) in [4.78, 5) is 26.6. The molecule has 0 aromatic heterocycles. The predicted molar refractivity (Wildman–Crippen MR) is 347 cm³/mol. The summed E-state index contributed by atoms with van der Waals surface area (Å²) in [6, 6.07) is -1.02. The summed E-state index contributed by atoms with van der Waals surface area (Å²) in [7, 11) is 0. The maximum absolute atomic E-state index is 13.5. The molecule has 0 spiro atoms. The van der Waals surface area contributed by atoms with Gasteiger partial charge in [-0.3, -0.25) is 9.59 Å². The Morgan fingerprint density at radius 3 is 1.27 bits per heavy atom. The first-order valence-electron chi connectivity index (χ1n) is 35.4. The Bertz CT molecular complexity index is 1540. The van der Waals surface area contributed by atoms with Crippen LogP contribution < -0.4 is 5.32 Å². The van der Waals surface area contributed by atoms with Crippen LogP contribution in [0.2, 0.25) is 0 Å². The molecule has 8 unspecified atom stereocenters. The summed E-state index contributed by atoms with van der Waals surface area (Å²) in [5, 5.41) is 57.2. The van der Waals surface area contributed by atoms with Crippen LogP contribution >= 0.6 is 0 Å². The van der Waals surface area contributed by atoms with Crippen molar-refractivity contribution in [2.75, 3.05) is 13.2 Å². The Labute approximate surface area is 510 Å². The number of ether oxygens (including phenoxy) is 3. The van der Waals surface area contributed by atoms with Crippen molar-refractivity contribution in [3.8, 4) is 0 Å². The lowest BCUT2D eigenvalue weighted by molar-refractivity contribution is -0.305. The molecule has 1 aliphatic heterocycles. The number of rotatable bonds is 61. The maximum Gasteiger partial charge on any atom is 0.306 e. The van der Waals surface area contributed by atoms with Crippen LogP contribution in [0.5, 0.6) is 0 Å². The SMILES string of the molecule is CCCCC/C=C\C/C=C\C/C=C\CCCCCCCCCCCCCCCC(O)C(=O)NC(COC1OC(CO)C(O)C(O)C1OC(=O)CCCCCCCCCCCCCCCCC)C(O)/C=C/CCCCCCCCCCCCC. The Morgan fingerprint density at radius 1 is 0.470 bits per heavy atom. The predicted octanol–water partition coefficient (Wildman–Crippen LogP) is 18.0. The highest BCUT2D eigenvalue weighted by Crippen LogP contribution is 2.26. The molecule has 0 saturated carbocycles. The fourth-order valence-electron chi connectivity index (χ4n) is 11.1. The van der Waals surface area contributed by atoms with E-state index in [0.717, 1.165) is 70.6 Å². The average Bonchev–Trinajstić information content (AvgIpc) is 3.55. The third-order valence-electron chi connectivity index (χ3n) is 16.7. The van der Waals surface area contributed by atoms with Crippen LogP contribution in [0, 0.1) is 0 Å². The van der Waals surface area contributed by atoms with Gasteiger partial charge in [0.05, 0.1) is 25.4 Å². The summed E-state index contributed by atoms with van der Waals surface area (Å²) < 4.78 is 17.7. The molecule has 83 heavy (non-hydrogen) atoms. The second-order valence-electron chi connectivity index (χ2n) is 24.6. The van der Waals surface area contributed by atoms with E-state index in [9.17, 15) is 35.1 Å². The standard InChI is InChI=1S/C72H133NO10/c1-4-7-10-13-16-19-22-25-27-28-29-30-31-32-33-34-35-36-37-39-41-44-47-50-53-56-59-65(76)71(80)73-63(64(75)58-55-52-49-46-43-40-24-21-18-15-12-9-6-3)62-81-72-70(69(79)68(78)66(61-74)82-72)83-67(77)60-57-54-51-48-45-42-38-26-23-20-17-14-11-8-5-2/h16,19,25,27,29-30,55,58,63-66,68-70,72,74-76,78-79H,4-15,17-18,20-24,26,28,31-54,56-57,59-62H2,1-3H3,(H,73,80)/b19-16-,27-25-,30-29-,58-55+. The molecule has 0 aromatic carbocycles. The molecule has 8 atom stereocenters. The van der Waals surface area contributed by atoms with E-state index in [2.05, 4.69) is 62.5 Å². The lowest BCUT2D eigenvalue weighted by Gasteiger charge is -2.41. The number of esters is 1. The second-order valence-corrected chi connectivity index (χ2v) is 24.6. The van der Waals surface area contributed by atoms with Crippen molar-refractivity contribution >= 4 is 11.9 Å². The summed E-state index contributed by atoms with van der Waals surface area (Å²) in [6.45, 7) is 5.81. The number of nitrogens with one attached hydrogen (secondary N) is 1. The minimum absolute atomic E-state index is 0.128. The van der Waals surface area contributed by atoms with Crippen LogP contribution in [-0.2, 0) is 23.8 Å². The van der Waals surface area contributed by atoms with Gasteiger partial charge in [0.1, 0.15) is 24.4 Å². The topological polar surface area (TPSA) is 175 Å². The molecule has 0 aliphatic carbocycles. The van der Waals surface area contributed by atoms with Crippen molar-refractivity contribution in [2.24, 2.45) is 0 Å². The fourth-order valence-corrected chi connectivity index (χ4v) is 11.1. The van der Waals surface area contributed by atoms with E-state index in [4.69, 9.17) is 14.2 Å². The van der Waals surface area contributed by atoms with Gasteiger partial charge in [-0.25, -0.2) is 0 Å². The van der Waals surface area contributed by atoms with Crippen LogP contribution in [0.3, 0.4) is 0 Å². The first-order valence-corrected chi connectivity index (χ1v) is 35.4. The second kappa shape index (κ2) is 59.9. The molecule has 0 radical (unpaired) electrons. The number of allylic oxidation sites excluding steroid dienone is 7. The van der Waals surface area contributed by atoms with E-state index in [1.807, 2.05) is 6.08 Å². The largest absolute Gasteiger partial charge is 0.454 e. The Hall–Kier alpha value is -2.38. The average molecular weight is 1170 g/mol. The third-order valence-corrected chi connectivity index (χ3v) is 16.7. The van der Waals surface area contributed by atoms with Crippen LogP contribution in [0.25, 0.3) is 0 Å².